The Bertz CT molecular complexity index is 237. The smallest absolute Gasteiger partial charge is 0.141 e. The third-order valence-corrected chi connectivity index (χ3v) is 1.25. The van der Waals surface area contributed by atoms with Gasteiger partial charge in [-0.2, -0.15) is 0 Å². The van der Waals surface area contributed by atoms with E-state index in [-0.39, 0.29) is 0 Å². The molecule has 0 bridgehead atoms. The number of nitrogens with two attached hydrogens (primary N) is 1. The molecule has 0 aliphatic rings. The zero-order valence-electron chi connectivity index (χ0n) is 5.79. The van der Waals surface area contributed by atoms with E-state index in [1.807, 2.05) is 0 Å². The maximum atomic E-state index is 5.53. The van der Waals surface area contributed by atoms with Crippen LogP contribution in [-0.4, -0.2) is 15.0 Å². The lowest BCUT2D eigenvalue weighted by Gasteiger charge is -2.03. The third-order valence-electron chi connectivity index (χ3n) is 1.25. The Kier molecular flexibility index (Phi) is 1.85. The van der Waals surface area contributed by atoms with Crippen LogP contribution in [0, 0.1) is 0 Å². The first-order valence-corrected chi connectivity index (χ1v) is 2.93. The number of hydrogen-bond acceptors (Lipinski definition) is 2. The first kappa shape index (κ1) is 7.00. The highest BCUT2D eigenvalue weighted by Gasteiger charge is 1.95. The molecular formula is C7H8BNO. The maximum Gasteiger partial charge on any atom is 0.141 e. The molecule has 1 aromatic carbocycles. The Balaban J connectivity index is 3.07. The van der Waals surface area contributed by atoms with Crippen molar-refractivity contribution in [2.24, 2.45) is 0 Å². The van der Waals surface area contributed by atoms with Crippen LogP contribution in [0.5, 0.6) is 5.75 Å². The predicted molar refractivity (Wildman–Crippen MR) is 42.8 cm³/mol. The number of nitrogen functional groups attached to an aromatic ring is 1. The Morgan fingerprint density at radius 2 is 2.20 bits per heavy atom. The molecule has 0 fully saturated rings. The van der Waals surface area contributed by atoms with Gasteiger partial charge in [-0.05, 0) is 12.1 Å². The van der Waals surface area contributed by atoms with Gasteiger partial charge in [0.1, 0.15) is 13.6 Å². The van der Waals surface area contributed by atoms with Crippen molar-refractivity contribution in [3.05, 3.63) is 18.2 Å². The zero-order valence-corrected chi connectivity index (χ0v) is 5.79. The molecule has 2 radical (unpaired) electrons. The molecule has 0 saturated heterocycles. The fourth-order valence-electron chi connectivity index (χ4n) is 0.753. The number of rotatable bonds is 1. The van der Waals surface area contributed by atoms with E-state index in [4.69, 9.17) is 18.3 Å². The van der Waals surface area contributed by atoms with Crippen molar-refractivity contribution < 1.29 is 4.74 Å². The van der Waals surface area contributed by atoms with Gasteiger partial charge in [0.15, 0.2) is 0 Å². The molecule has 0 unspecified atom stereocenters. The summed E-state index contributed by atoms with van der Waals surface area (Å²) in [6, 6.07) is 5.15. The van der Waals surface area contributed by atoms with Crippen molar-refractivity contribution in [1.29, 1.82) is 0 Å². The van der Waals surface area contributed by atoms with Gasteiger partial charge in [-0.15, -0.1) is 0 Å². The van der Waals surface area contributed by atoms with E-state index in [1.165, 1.54) is 0 Å². The molecule has 10 heavy (non-hydrogen) atoms. The average Bonchev–Trinajstić information content (AvgIpc) is 1.88. The Hall–Kier alpha value is -1.12. The number of hydrogen-bond donors (Lipinski definition) is 1. The highest BCUT2D eigenvalue weighted by molar-refractivity contribution is 6.32. The van der Waals surface area contributed by atoms with E-state index in [9.17, 15) is 0 Å². The summed E-state index contributed by atoms with van der Waals surface area (Å²) < 4.78 is 4.92. The fourth-order valence-corrected chi connectivity index (χ4v) is 0.753. The van der Waals surface area contributed by atoms with Crippen molar-refractivity contribution in [1.82, 2.24) is 0 Å². The van der Waals surface area contributed by atoms with Gasteiger partial charge in [0.2, 0.25) is 0 Å². The van der Waals surface area contributed by atoms with Gasteiger partial charge in [0.05, 0.1) is 12.8 Å². The quantitative estimate of drug-likeness (QED) is 0.434. The predicted octanol–water partition coefficient (Wildman–Crippen LogP) is 0.0712. The molecule has 0 aliphatic heterocycles. The van der Waals surface area contributed by atoms with E-state index in [2.05, 4.69) is 0 Å². The number of methoxy groups -OCH3 is 1. The largest absolute Gasteiger partial charge is 0.495 e. The van der Waals surface area contributed by atoms with Crippen molar-refractivity contribution in [2.45, 2.75) is 0 Å². The van der Waals surface area contributed by atoms with Crippen molar-refractivity contribution in [3.8, 4) is 5.75 Å². The van der Waals surface area contributed by atoms with Crippen LogP contribution < -0.4 is 15.9 Å². The molecule has 50 valence electrons. The third kappa shape index (κ3) is 1.24. The minimum Gasteiger partial charge on any atom is -0.495 e. The van der Waals surface area contributed by atoms with Crippen molar-refractivity contribution in [3.63, 3.8) is 0 Å². The van der Waals surface area contributed by atoms with Crippen LogP contribution >= 0.6 is 0 Å². The molecule has 1 rings (SSSR count). The van der Waals surface area contributed by atoms with Gasteiger partial charge in [-0.3, -0.25) is 0 Å². The molecule has 0 atom stereocenters. The number of ether oxygens (including phenoxy) is 1. The first-order valence-electron chi connectivity index (χ1n) is 2.93. The second-order valence-corrected chi connectivity index (χ2v) is 2.00. The lowest BCUT2D eigenvalue weighted by molar-refractivity contribution is 0.417. The zero-order chi connectivity index (χ0) is 7.56. The minimum absolute atomic E-state index is 0.572. The Labute approximate surface area is 61.4 Å². The van der Waals surface area contributed by atoms with Crippen LogP contribution in [0.4, 0.5) is 5.69 Å². The molecule has 2 nitrogen and oxygen atoms in total. The number of anilines is 1. The molecule has 1 aromatic rings. The molecule has 0 saturated carbocycles. The average molecular weight is 133 g/mol. The minimum atomic E-state index is 0.572. The molecule has 0 aliphatic carbocycles. The highest BCUT2D eigenvalue weighted by atomic mass is 16.5. The summed E-state index contributed by atoms with van der Waals surface area (Å²) in [5, 5.41) is 0. The molecule has 0 heterocycles. The van der Waals surface area contributed by atoms with E-state index in [1.54, 1.807) is 25.3 Å². The Morgan fingerprint density at radius 3 is 2.70 bits per heavy atom. The summed E-state index contributed by atoms with van der Waals surface area (Å²) in [4.78, 5) is 0. The van der Waals surface area contributed by atoms with Gasteiger partial charge in [-0.1, -0.05) is 11.5 Å². The molecule has 0 amide bonds. The van der Waals surface area contributed by atoms with Gasteiger partial charge in [0, 0.05) is 0 Å². The van der Waals surface area contributed by atoms with E-state index < -0.39 is 0 Å². The number of benzene rings is 1. The van der Waals surface area contributed by atoms with E-state index in [0.717, 1.165) is 0 Å². The molecule has 0 aromatic heterocycles. The summed E-state index contributed by atoms with van der Waals surface area (Å²) in [6.45, 7) is 0. The Morgan fingerprint density at radius 1 is 1.50 bits per heavy atom. The van der Waals surface area contributed by atoms with Crippen LogP contribution in [0.15, 0.2) is 18.2 Å². The van der Waals surface area contributed by atoms with Crippen LogP contribution in [0.2, 0.25) is 0 Å². The monoisotopic (exact) mass is 133 g/mol. The molecule has 3 heteroatoms. The summed E-state index contributed by atoms with van der Waals surface area (Å²) in [7, 11) is 7.02. The highest BCUT2D eigenvalue weighted by Crippen LogP contribution is 2.16. The summed E-state index contributed by atoms with van der Waals surface area (Å²) in [5.74, 6) is 0.661. The van der Waals surface area contributed by atoms with Crippen LogP contribution in [-0.2, 0) is 0 Å². The molecular weight excluding hydrogens is 125 g/mol. The second-order valence-electron chi connectivity index (χ2n) is 2.00. The molecule has 2 N–H and O–H groups in total. The van der Waals surface area contributed by atoms with E-state index >= 15 is 0 Å². The summed E-state index contributed by atoms with van der Waals surface area (Å²) in [6.07, 6.45) is 0. The second kappa shape index (κ2) is 2.65. The van der Waals surface area contributed by atoms with E-state index in [0.29, 0.717) is 16.9 Å². The van der Waals surface area contributed by atoms with Crippen molar-refractivity contribution in [2.75, 3.05) is 12.8 Å². The van der Waals surface area contributed by atoms with Gasteiger partial charge in [0.25, 0.3) is 0 Å². The van der Waals surface area contributed by atoms with Crippen LogP contribution in [0.25, 0.3) is 0 Å². The first-order chi connectivity index (χ1) is 4.74. The lowest BCUT2D eigenvalue weighted by atomic mass is 9.96. The van der Waals surface area contributed by atoms with Crippen LogP contribution in [0.3, 0.4) is 0 Å². The topological polar surface area (TPSA) is 35.2 Å². The summed E-state index contributed by atoms with van der Waals surface area (Å²) >= 11 is 0. The lowest BCUT2D eigenvalue weighted by Crippen LogP contribution is -2.03. The maximum absolute atomic E-state index is 5.53. The fraction of sp³-hybridized carbons (Fsp3) is 0.143. The van der Waals surface area contributed by atoms with Crippen LogP contribution in [0.1, 0.15) is 0 Å². The standard InChI is InChI=1S/C7H8BNO/c1-10-7-3-2-5(8)4-6(7)9/h2-4H,9H2,1H3. The van der Waals surface area contributed by atoms with Gasteiger partial charge in [-0.25, -0.2) is 0 Å². The summed E-state index contributed by atoms with van der Waals surface area (Å²) in [5.41, 5.74) is 6.75. The van der Waals surface area contributed by atoms with Gasteiger partial charge >= 0.3 is 0 Å². The van der Waals surface area contributed by atoms with Gasteiger partial charge < -0.3 is 10.5 Å². The van der Waals surface area contributed by atoms with Crippen molar-refractivity contribution >= 4 is 19.0 Å². The normalized spacial score (nSPS) is 9.30. The SMILES string of the molecule is [B]c1ccc(OC)c(N)c1. The molecule has 0 spiro atoms.